The maximum absolute atomic E-state index is 12.7. The molecule has 0 aromatic rings. The highest BCUT2D eigenvalue weighted by Gasteiger charge is 2.19. The largest absolute Gasteiger partial charge is 0.462 e. The topological polar surface area (TPSA) is 78.9 Å². The SMILES string of the molecule is CC/C=C\C/C=C\C/C=C\CCCCCCCC(=O)OCC(COC(=O)CCCCCCCCCCC)OC(=O)CCCCCCC/C=C\C/C=C\C/C=C\CC. The Morgan fingerprint density at radius 1 is 0.368 bits per heavy atom. The van der Waals surface area contributed by atoms with Gasteiger partial charge in [0, 0.05) is 19.3 Å². The molecule has 0 aromatic heterocycles. The third-order valence-electron chi connectivity index (χ3n) is 9.71. The number of unbranched alkanes of at least 4 members (excludes halogenated alkanes) is 18. The van der Waals surface area contributed by atoms with Crippen LogP contribution in [-0.4, -0.2) is 37.2 Å². The number of carbonyl (C=O) groups excluding carboxylic acids is 3. The van der Waals surface area contributed by atoms with E-state index in [-0.39, 0.29) is 31.1 Å². The predicted octanol–water partition coefficient (Wildman–Crippen LogP) is 15.1. The van der Waals surface area contributed by atoms with E-state index >= 15 is 0 Å². The number of rotatable bonds is 41. The second kappa shape index (κ2) is 45.6. The Hall–Kier alpha value is -3.15. The lowest BCUT2D eigenvalue weighted by Gasteiger charge is -2.18. The van der Waals surface area contributed by atoms with Crippen molar-refractivity contribution in [3.05, 3.63) is 72.9 Å². The van der Waals surface area contributed by atoms with Crippen LogP contribution in [0.5, 0.6) is 0 Å². The molecule has 1 unspecified atom stereocenters. The lowest BCUT2D eigenvalue weighted by atomic mass is 10.1. The zero-order valence-electron chi connectivity index (χ0n) is 37.1. The monoisotopic (exact) mass is 795 g/mol. The molecule has 0 fully saturated rings. The fourth-order valence-corrected chi connectivity index (χ4v) is 6.23. The van der Waals surface area contributed by atoms with Gasteiger partial charge < -0.3 is 14.2 Å². The van der Waals surface area contributed by atoms with E-state index in [1.54, 1.807) is 0 Å². The highest BCUT2D eigenvalue weighted by atomic mass is 16.6. The van der Waals surface area contributed by atoms with Gasteiger partial charge in [0.15, 0.2) is 6.10 Å². The molecule has 326 valence electrons. The summed E-state index contributed by atoms with van der Waals surface area (Å²) in [5.74, 6) is -0.929. The van der Waals surface area contributed by atoms with E-state index in [4.69, 9.17) is 14.2 Å². The number of allylic oxidation sites excluding steroid dienone is 12. The molecule has 0 heterocycles. The van der Waals surface area contributed by atoms with E-state index in [1.165, 1.54) is 38.5 Å². The molecule has 0 aliphatic heterocycles. The van der Waals surface area contributed by atoms with Gasteiger partial charge in [0.1, 0.15) is 13.2 Å². The molecule has 0 amide bonds. The third kappa shape index (κ3) is 43.8. The first-order valence-corrected chi connectivity index (χ1v) is 23.4. The molecular weight excluding hydrogens is 709 g/mol. The van der Waals surface area contributed by atoms with Crippen molar-refractivity contribution in [3.63, 3.8) is 0 Å². The van der Waals surface area contributed by atoms with Gasteiger partial charge >= 0.3 is 17.9 Å². The first-order chi connectivity index (χ1) is 28.0. The van der Waals surface area contributed by atoms with Crippen LogP contribution in [0.2, 0.25) is 0 Å². The van der Waals surface area contributed by atoms with Crippen LogP contribution in [-0.2, 0) is 28.6 Å². The van der Waals surface area contributed by atoms with E-state index in [9.17, 15) is 14.4 Å². The Labute approximate surface area is 351 Å². The van der Waals surface area contributed by atoms with Gasteiger partial charge in [-0.05, 0) is 83.5 Å². The van der Waals surface area contributed by atoms with Crippen LogP contribution < -0.4 is 0 Å². The minimum Gasteiger partial charge on any atom is -0.462 e. The van der Waals surface area contributed by atoms with Gasteiger partial charge in [-0.25, -0.2) is 0 Å². The second-order valence-electron chi connectivity index (χ2n) is 15.3. The Morgan fingerprint density at radius 2 is 0.684 bits per heavy atom. The maximum Gasteiger partial charge on any atom is 0.306 e. The van der Waals surface area contributed by atoms with Crippen molar-refractivity contribution in [3.8, 4) is 0 Å². The summed E-state index contributed by atoms with van der Waals surface area (Å²) in [5, 5.41) is 0. The molecule has 6 nitrogen and oxygen atoms in total. The van der Waals surface area contributed by atoms with Crippen molar-refractivity contribution in [2.24, 2.45) is 0 Å². The molecule has 6 heteroatoms. The summed E-state index contributed by atoms with van der Waals surface area (Å²) in [7, 11) is 0. The van der Waals surface area contributed by atoms with Crippen LogP contribution in [0.4, 0.5) is 0 Å². The van der Waals surface area contributed by atoms with Crippen molar-refractivity contribution >= 4 is 17.9 Å². The first-order valence-electron chi connectivity index (χ1n) is 23.4. The summed E-state index contributed by atoms with van der Waals surface area (Å²) < 4.78 is 16.7. The van der Waals surface area contributed by atoms with Gasteiger partial charge in [0.2, 0.25) is 0 Å². The predicted molar refractivity (Wildman–Crippen MR) is 242 cm³/mol. The molecule has 0 aromatic carbocycles. The molecule has 0 aliphatic rings. The summed E-state index contributed by atoms with van der Waals surface area (Å²) in [6.45, 7) is 6.35. The Balaban J connectivity index is 4.42. The summed E-state index contributed by atoms with van der Waals surface area (Å²) in [6.07, 6.45) is 56.0. The second-order valence-corrected chi connectivity index (χ2v) is 15.3. The van der Waals surface area contributed by atoms with Gasteiger partial charge in [0.25, 0.3) is 0 Å². The van der Waals surface area contributed by atoms with E-state index < -0.39 is 6.10 Å². The molecule has 0 rings (SSSR count). The van der Waals surface area contributed by atoms with Crippen LogP contribution in [0, 0.1) is 0 Å². The fourth-order valence-electron chi connectivity index (χ4n) is 6.23. The van der Waals surface area contributed by atoms with E-state index in [0.717, 1.165) is 135 Å². The van der Waals surface area contributed by atoms with Crippen molar-refractivity contribution in [1.29, 1.82) is 0 Å². The molecule has 0 saturated carbocycles. The van der Waals surface area contributed by atoms with E-state index in [1.807, 2.05) is 0 Å². The maximum atomic E-state index is 12.7. The highest BCUT2D eigenvalue weighted by molar-refractivity contribution is 5.71. The van der Waals surface area contributed by atoms with Crippen molar-refractivity contribution in [1.82, 2.24) is 0 Å². The van der Waals surface area contributed by atoms with Crippen LogP contribution in [0.15, 0.2) is 72.9 Å². The zero-order valence-corrected chi connectivity index (χ0v) is 37.1. The van der Waals surface area contributed by atoms with Crippen molar-refractivity contribution in [2.45, 2.75) is 219 Å². The average Bonchev–Trinajstić information content (AvgIpc) is 3.21. The van der Waals surface area contributed by atoms with E-state index in [0.29, 0.717) is 19.3 Å². The quantitative estimate of drug-likeness (QED) is 0.0265. The normalized spacial score (nSPS) is 12.7. The summed E-state index contributed by atoms with van der Waals surface area (Å²) >= 11 is 0. The van der Waals surface area contributed by atoms with Gasteiger partial charge in [-0.15, -0.1) is 0 Å². The van der Waals surface area contributed by atoms with E-state index in [2.05, 4.69) is 93.7 Å². The van der Waals surface area contributed by atoms with Crippen molar-refractivity contribution in [2.75, 3.05) is 13.2 Å². The molecule has 0 saturated heterocycles. The number of esters is 3. The minimum atomic E-state index is -0.788. The Kier molecular flexibility index (Phi) is 43.0. The van der Waals surface area contributed by atoms with Gasteiger partial charge in [0.05, 0.1) is 0 Å². The van der Waals surface area contributed by atoms with Crippen LogP contribution in [0.1, 0.15) is 213 Å². The first kappa shape index (κ1) is 53.9. The molecule has 57 heavy (non-hydrogen) atoms. The van der Waals surface area contributed by atoms with Gasteiger partial charge in [-0.3, -0.25) is 14.4 Å². The molecular formula is C51H86O6. The summed E-state index contributed by atoms with van der Waals surface area (Å²) in [6, 6.07) is 0. The van der Waals surface area contributed by atoms with Crippen LogP contribution >= 0.6 is 0 Å². The lowest BCUT2D eigenvalue weighted by molar-refractivity contribution is -0.167. The molecule has 0 spiro atoms. The summed E-state index contributed by atoms with van der Waals surface area (Å²) in [4.78, 5) is 37.8. The van der Waals surface area contributed by atoms with Crippen LogP contribution in [0.3, 0.4) is 0 Å². The summed E-state index contributed by atoms with van der Waals surface area (Å²) in [5.41, 5.74) is 0. The lowest BCUT2D eigenvalue weighted by Crippen LogP contribution is -2.30. The van der Waals surface area contributed by atoms with Crippen molar-refractivity contribution < 1.29 is 28.6 Å². The van der Waals surface area contributed by atoms with Gasteiger partial charge in [-0.2, -0.15) is 0 Å². The third-order valence-corrected chi connectivity index (χ3v) is 9.71. The Bertz CT molecular complexity index is 1100. The molecule has 1 atom stereocenters. The minimum absolute atomic E-state index is 0.0878. The molecule has 0 aliphatic carbocycles. The fraction of sp³-hybridized carbons (Fsp3) is 0.706. The average molecular weight is 795 g/mol. The molecule has 0 N–H and O–H groups in total. The van der Waals surface area contributed by atoms with Gasteiger partial charge in [-0.1, -0.05) is 184 Å². The smallest absolute Gasteiger partial charge is 0.306 e. The molecule has 0 radical (unpaired) electrons. The van der Waals surface area contributed by atoms with Crippen LogP contribution in [0.25, 0.3) is 0 Å². The number of carbonyl (C=O) groups is 3. The number of ether oxygens (including phenoxy) is 3. The number of hydrogen-bond donors (Lipinski definition) is 0. The number of hydrogen-bond acceptors (Lipinski definition) is 6. The highest BCUT2D eigenvalue weighted by Crippen LogP contribution is 2.13. The zero-order chi connectivity index (χ0) is 41.5. The molecule has 0 bridgehead atoms. The Morgan fingerprint density at radius 3 is 1.07 bits per heavy atom. The standard InChI is InChI=1S/C51H86O6/c1-4-7-10-13-16-19-21-23-25-27-29-32-35-38-41-44-50(53)56-47-48(46-55-49(52)43-40-37-34-31-18-15-12-9-6-3)57-51(54)45-42-39-36-33-30-28-26-24-22-20-17-14-11-8-5-2/h7-8,10-11,16-17,19-20,23-26,48H,4-6,9,12-15,18,21-22,27-47H2,1-3H3/b10-7-,11-8-,19-16-,20-17-,25-23-,26-24-.